The molecule has 0 unspecified atom stereocenters. The molecule has 2 nitrogen and oxygen atoms in total. The van der Waals surface area contributed by atoms with Gasteiger partial charge >= 0.3 is 0 Å². The number of thiophene rings is 1. The third kappa shape index (κ3) is 2.74. The van der Waals surface area contributed by atoms with Crippen molar-refractivity contribution in [2.75, 3.05) is 7.05 Å². The summed E-state index contributed by atoms with van der Waals surface area (Å²) < 4.78 is 1.04. The number of nitrogens with zero attached hydrogens (tertiary/aromatic N) is 1. The average molecular weight is 330 g/mol. The van der Waals surface area contributed by atoms with Gasteiger partial charge < -0.3 is 4.90 Å². The van der Waals surface area contributed by atoms with E-state index in [0.717, 1.165) is 15.6 Å². The van der Waals surface area contributed by atoms with Crippen LogP contribution >= 0.6 is 22.9 Å². The lowest BCUT2D eigenvalue weighted by Crippen LogP contribution is -2.26. The summed E-state index contributed by atoms with van der Waals surface area (Å²) in [5.41, 5.74) is 2.33. The zero-order valence-electron chi connectivity index (χ0n) is 12.5. The second kappa shape index (κ2) is 6.11. The molecule has 0 saturated carbocycles. The third-order valence-electron chi connectivity index (χ3n) is 3.74. The van der Waals surface area contributed by atoms with Crippen LogP contribution in [0.1, 0.15) is 20.8 Å². The Kier molecular flexibility index (Phi) is 4.19. The Bertz CT molecular complexity index is 840. The van der Waals surface area contributed by atoms with Crippen molar-refractivity contribution < 1.29 is 4.79 Å². The van der Waals surface area contributed by atoms with Gasteiger partial charge in [0, 0.05) is 23.7 Å². The first-order valence-electron chi connectivity index (χ1n) is 7.05. The molecular weight excluding hydrogens is 314 g/mol. The molecule has 1 aromatic heterocycles. The monoisotopic (exact) mass is 329 g/mol. The maximum absolute atomic E-state index is 12.7. The normalized spacial score (nSPS) is 10.9. The maximum atomic E-state index is 12.7. The van der Waals surface area contributed by atoms with Crippen LogP contribution in [0, 0.1) is 6.92 Å². The van der Waals surface area contributed by atoms with Crippen LogP contribution in [-0.4, -0.2) is 17.9 Å². The third-order valence-corrected chi connectivity index (χ3v) is 5.41. The first-order valence-corrected chi connectivity index (χ1v) is 8.24. The van der Waals surface area contributed by atoms with Crippen molar-refractivity contribution in [3.05, 3.63) is 69.6 Å². The summed E-state index contributed by atoms with van der Waals surface area (Å²) in [5, 5.41) is 1.50. The van der Waals surface area contributed by atoms with Crippen molar-refractivity contribution in [1.82, 2.24) is 4.90 Å². The molecule has 4 heteroatoms. The Morgan fingerprint density at radius 1 is 1.14 bits per heavy atom. The van der Waals surface area contributed by atoms with Gasteiger partial charge in [-0.15, -0.1) is 11.3 Å². The summed E-state index contributed by atoms with van der Waals surface area (Å²) in [6, 6.07) is 15.9. The number of amides is 1. The minimum atomic E-state index is -0.0329. The molecule has 0 fully saturated rings. The summed E-state index contributed by atoms with van der Waals surface area (Å²) in [7, 11) is 1.81. The maximum Gasteiger partial charge on any atom is 0.265 e. The summed E-state index contributed by atoms with van der Waals surface area (Å²) in [6.07, 6.45) is 0. The van der Waals surface area contributed by atoms with Crippen molar-refractivity contribution in [1.29, 1.82) is 0 Å². The lowest BCUT2D eigenvalue weighted by molar-refractivity contribution is 0.0790. The highest BCUT2D eigenvalue weighted by Crippen LogP contribution is 2.35. The van der Waals surface area contributed by atoms with E-state index in [0.29, 0.717) is 16.4 Å². The summed E-state index contributed by atoms with van der Waals surface area (Å²) >= 11 is 7.85. The average Bonchev–Trinajstić information content (AvgIpc) is 2.86. The topological polar surface area (TPSA) is 20.3 Å². The van der Waals surface area contributed by atoms with Crippen LogP contribution < -0.4 is 0 Å². The first kappa shape index (κ1) is 15.1. The Morgan fingerprint density at radius 3 is 2.55 bits per heavy atom. The number of carbonyl (C=O) groups is 1. The highest BCUT2D eigenvalue weighted by Gasteiger charge is 2.20. The van der Waals surface area contributed by atoms with Crippen LogP contribution in [0.25, 0.3) is 10.1 Å². The van der Waals surface area contributed by atoms with E-state index >= 15 is 0 Å². The second-order valence-electron chi connectivity index (χ2n) is 5.33. The number of rotatable bonds is 3. The molecule has 0 spiro atoms. The molecule has 0 aliphatic heterocycles. The van der Waals surface area contributed by atoms with E-state index in [-0.39, 0.29) is 5.91 Å². The van der Waals surface area contributed by atoms with E-state index in [1.807, 2.05) is 49.5 Å². The zero-order chi connectivity index (χ0) is 15.7. The van der Waals surface area contributed by atoms with Gasteiger partial charge in [-0.2, -0.15) is 0 Å². The standard InChI is InChI=1S/C18H16ClNOS/c1-12-7-3-4-8-13(12)11-20(2)18(21)17-16(19)14-9-5-6-10-15(14)22-17/h3-10H,11H2,1-2H3. The highest BCUT2D eigenvalue weighted by atomic mass is 35.5. The van der Waals surface area contributed by atoms with Gasteiger partial charge in [0.05, 0.1) is 5.02 Å². The molecule has 3 rings (SSSR count). The first-order chi connectivity index (χ1) is 10.6. The molecule has 2 aromatic carbocycles. The summed E-state index contributed by atoms with van der Waals surface area (Å²) in [4.78, 5) is 15.0. The molecule has 1 amide bonds. The van der Waals surface area contributed by atoms with E-state index in [1.165, 1.54) is 16.9 Å². The molecular formula is C18H16ClNOS. The van der Waals surface area contributed by atoms with Crippen molar-refractivity contribution in [2.45, 2.75) is 13.5 Å². The van der Waals surface area contributed by atoms with Gasteiger partial charge in [-0.25, -0.2) is 0 Å². The van der Waals surface area contributed by atoms with E-state index in [9.17, 15) is 4.79 Å². The number of carbonyl (C=O) groups excluding carboxylic acids is 1. The molecule has 0 aliphatic rings. The lowest BCUT2D eigenvalue weighted by Gasteiger charge is -2.18. The predicted octanol–water partition coefficient (Wildman–Crippen LogP) is 5.14. The van der Waals surface area contributed by atoms with Crippen LogP contribution in [0.4, 0.5) is 0 Å². The van der Waals surface area contributed by atoms with Gasteiger partial charge in [-0.1, -0.05) is 54.1 Å². The minimum Gasteiger partial charge on any atom is -0.337 e. The summed E-state index contributed by atoms with van der Waals surface area (Å²) in [6.45, 7) is 2.64. The van der Waals surface area contributed by atoms with Gasteiger partial charge in [-0.3, -0.25) is 4.79 Å². The number of fused-ring (bicyclic) bond motifs is 1. The van der Waals surface area contributed by atoms with Crippen LogP contribution in [0.2, 0.25) is 5.02 Å². The van der Waals surface area contributed by atoms with Crippen molar-refractivity contribution in [3.8, 4) is 0 Å². The molecule has 0 N–H and O–H groups in total. The van der Waals surface area contributed by atoms with Crippen LogP contribution in [0.3, 0.4) is 0 Å². The van der Waals surface area contributed by atoms with Gasteiger partial charge in [0.25, 0.3) is 5.91 Å². The molecule has 0 bridgehead atoms. The molecule has 0 radical (unpaired) electrons. The molecule has 0 atom stereocenters. The van der Waals surface area contributed by atoms with Gasteiger partial charge in [-0.05, 0) is 24.1 Å². The van der Waals surface area contributed by atoms with E-state index in [4.69, 9.17) is 11.6 Å². The van der Waals surface area contributed by atoms with Gasteiger partial charge in [0.1, 0.15) is 4.88 Å². The fourth-order valence-electron chi connectivity index (χ4n) is 2.44. The molecule has 1 heterocycles. The highest BCUT2D eigenvalue weighted by molar-refractivity contribution is 7.21. The van der Waals surface area contributed by atoms with Crippen molar-refractivity contribution >= 4 is 38.9 Å². The SMILES string of the molecule is Cc1ccccc1CN(C)C(=O)c1sc2ccccc2c1Cl. The van der Waals surface area contributed by atoms with E-state index in [2.05, 4.69) is 13.0 Å². The minimum absolute atomic E-state index is 0.0329. The molecule has 3 aromatic rings. The summed E-state index contributed by atoms with van der Waals surface area (Å²) in [5.74, 6) is -0.0329. The fourth-order valence-corrected chi connectivity index (χ4v) is 3.95. The predicted molar refractivity (Wildman–Crippen MR) is 93.8 cm³/mol. The van der Waals surface area contributed by atoms with Crippen molar-refractivity contribution in [3.63, 3.8) is 0 Å². The number of hydrogen-bond acceptors (Lipinski definition) is 2. The number of halogens is 1. The lowest BCUT2D eigenvalue weighted by atomic mass is 10.1. The van der Waals surface area contributed by atoms with Crippen molar-refractivity contribution in [2.24, 2.45) is 0 Å². The molecule has 22 heavy (non-hydrogen) atoms. The van der Waals surface area contributed by atoms with E-state index < -0.39 is 0 Å². The molecule has 0 saturated heterocycles. The largest absolute Gasteiger partial charge is 0.337 e. The van der Waals surface area contributed by atoms with Crippen LogP contribution in [0.15, 0.2) is 48.5 Å². The smallest absolute Gasteiger partial charge is 0.265 e. The van der Waals surface area contributed by atoms with E-state index in [1.54, 1.807) is 4.90 Å². The number of benzene rings is 2. The Morgan fingerprint density at radius 2 is 1.82 bits per heavy atom. The Balaban J connectivity index is 1.89. The zero-order valence-corrected chi connectivity index (χ0v) is 14.0. The number of hydrogen-bond donors (Lipinski definition) is 0. The fraction of sp³-hybridized carbons (Fsp3) is 0.167. The molecule has 0 aliphatic carbocycles. The second-order valence-corrected chi connectivity index (χ2v) is 6.76. The molecule has 112 valence electrons. The van der Waals surface area contributed by atoms with Crippen LogP contribution in [-0.2, 0) is 6.54 Å². The van der Waals surface area contributed by atoms with Crippen LogP contribution in [0.5, 0.6) is 0 Å². The van der Waals surface area contributed by atoms with Gasteiger partial charge in [0.15, 0.2) is 0 Å². The Hall–Kier alpha value is -1.84. The van der Waals surface area contributed by atoms with Gasteiger partial charge in [0.2, 0.25) is 0 Å². The number of aryl methyl sites for hydroxylation is 1. The quantitative estimate of drug-likeness (QED) is 0.652. The Labute approximate surface area is 138 Å².